The van der Waals surface area contributed by atoms with Crippen LogP contribution in [-0.4, -0.2) is 26.7 Å². The van der Waals surface area contributed by atoms with E-state index in [4.69, 9.17) is 0 Å². The molecule has 0 unspecified atom stereocenters. The second-order valence-electron chi connectivity index (χ2n) is 4.52. The third kappa shape index (κ3) is 6.44. The fraction of sp³-hybridized carbons (Fsp3) is 0.600. The summed E-state index contributed by atoms with van der Waals surface area (Å²) in [6.07, 6.45) is 4.76. The molecule has 0 heterocycles. The van der Waals surface area contributed by atoms with Crippen LogP contribution >= 0.6 is 0 Å². The third-order valence-corrected chi connectivity index (χ3v) is 2.93. The highest BCUT2D eigenvalue weighted by Gasteiger charge is 1.94. The third-order valence-electron chi connectivity index (χ3n) is 2.93. The van der Waals surface area contributed by atoms with E-state index >= 15 is 0 Å². The SMILES string of the molecule is CCCc1ccc(CCNCCCNC)cc1. The topological polar surface area (TPSA) is 24.1 Å². The van der Waals surface area contributed by atoms with Gasteiger partial charge in [-0.15, -0.1) is 0 Å². The van der Waals surface area contributed by atoms with Crippen LogP contribution in [0.2, 0.25) is 0 Å². The molecule has 0 aliphatic heterocycles. The molecule has 0 bridgehead atoms. The smallest absolute Gasteiger partial charge is 0.000834 e. The molecule has 0 saturated heterocycles. The minimum Gasteiger partial charge on any atom is -0.320 e. The van der Waals surface area contributed by atoms with Crippen molar-refractivity contribution in [1.82, 2.24) is 10.6 Å². The quantitative estimate of drug-likeness (QED) is 0.641. The van der Waals surface area contributed by atoms with Crippen molar-refractivity contribution in [2.45, 2.75) is 32.6 Å². The molecule has 1 rings (SSSR count). The monoisotopic (exact) mass is 234 g/mol. The standard InChI is InChI=1S/C15H26N2/c1-3-5-14-6-8-15(9-7-14)10-13-17-12-4-11-16-2/h6-9,16-17H,3-5,10-13H2,1-2H3. The fourth-order valence-corrected chi connectivity index (χ4v) is 1.91. The molecule has 1 aromatic rings. The largest absolute Gasteiger partial charge is 0.320 e. The van der Waals surface area contributed by atoms with Crippen LogP contribution in [-0.2, 0) is 12.8 Å². The molecular weight excluding hydrogens is 208 g/mol. The Morgan fingerprint density at radius 1 is 0.882 bits per heavy atom. The lowest BCUT2D eigenvalue weighted by Gasteiger charge is -2.05. The van der Waals surface area contributed by atoms with Crippen LogP contribution in [0.15, 0.2) is 24.3 Å². The van der Waals surface area contributed by atoms with Gasteiger partial charge in [0.15, 0.2) is 0 Å². The molecule has 0 fully saturated rings. The van der Waals surface area contributed by atoms with Gasteiger partial charge in [-0.2, -0.15) is 0 Å². The predicted molar refractivity (Wildman–Crippen MR) is 75.6 cm³/mol. The highest BCUT2D eigenvalue weighted by molar-refractivity contribution is 5.22. The maximum absolute atomic E-state index is 3.47. The van der Waals surface area contributed by atoms with Crippen LogP contribution in [0.5, 0.6) is 0 Å². The zero-order valence-corrected chi connectivity index (χ0v) is 11.3. The van der Waals surface area contributed by atoms with Crippen molar-refractivity contribution in [3.05, 3.63) is 35.4 Å². The molecule has 0 radical (unpaired) electrons. The first-order valence-electron chi connectivity index (χ1n) is 6.80. The lowest BCUT2D eigenvalue weighted by molar-refractivity contribution is 0.625. The van der Waals surface area contributed by atoms with E-state index in [9.17, 15) is 0 Å². The Balaban J connectivity index is 2.14. The van der Waals surface area contributed by atoms with Gasteiger partial charge in [0.05, 0.1) is 0 Å². The van der Waals surface area contributed by atoms with Gasteiger partial charge < -0.3 is 10.6 Å². The molecule has 96 valence electrons. The molecule has 2 nitrogen and oxygen atoms in total. The molecule has 0 saturated carbocycles. The molecule has 0 atom stereocenters. The molecule has 1 aromatic carbocycles. The van der Waals surface area contributed by atoms with E-state index in [1.807, 2.05) is 7.05 Å². The Kier molecular flexibility index (Phi) is 7.69. The fourth-order valence-electron chi connectivity index (χ4n) is 1.91. The number of hydrogen-bond acceptors (Lipinski definition) is 2. The summed E-state index contributed by atoms with van der Waals surface area (Å²) in [5, 5.41) is 6.62. The Hall–Kier alpha value is -0.860. The van der Waals surface area contributed by atoms with Crippen molar-refractivity contribution in [3.8, 4) is 0 Å². The zero-order chi connectivity index (χ0) is 12.3. The van der Waals surface area contributed by atoms with Crippen molar-refractivity contribution in [3.63, 3.8) is 0 Å². The average molecular weight is 234 g/mol. The van der Waals surface area contributed by atoms with Crippen LogP contribution < -0.4 is 10.6 Å². The summed E-state index contributed by atoms with van der Waals surface area (Å²) >= 11 is 0. The van der Waals surface area contributed by atoms with Crippen molar-refractivity contribution in [2.24, 2.45) is 0 Å². The summed E-state index contributed by atoms with van der Waals surface area (Å²) in [7, 11) is 2.00. The second-order valence-corrected chi connectivity index (χ2v) is 4.52. The lowest BCUT2D eigenvalue weighted by Crippen LogP contribution is -2.21. The van der Waals surface area contributed by atoms with E-state index in [2.05, 4.69) is 41.8 Å². The highest BCUT2D eigenvalue weighted by Crippen LogP contribution is 2.06. The number of rotatable bonds is 9. The first-order valence-corrected chi connectivity index (χ1v) is 6.80. The van der Waals surface area contributed by atoms with Crippen LogP contribution in [0, 0.1) is 0 Å². The van der Waals surface area contributed by atoms with Gasteiger partial charge in [0.1, 0.15) is 0 Å². The minimum atomic E-state index is 1.08. The van der Waals surface area contributed by atoms with Crippen molar-refractivity contribution in [1.29, 1.82) is 0 Å². The average Bonchev–Trinajstić information content (AvgIpc) is 2.36. The summed E-state index contributed by atoms with van der Waals surface area (Å²) in [5.41, 5.74) is 2.89. The highest BCUT2D eigenvalue weighted by atomic mass is 14.9. The van der Waals surface area contributed by atoms with E-state index in [1.165, 1.54) is 30.4 Å². The number of nitrogens with one attached hydrogen (secondary N) is 2. The van der Waals surface area contributed by atoms with Gasteiger partial charge in [0.25, 0.3) is 0 Å². The Labute approximate surface area is 106 Å². The predicted octanol–water partition coefficient (Wildman–Crippen LogP) is 2.38. The van der Waals surface area contributed by atoms with Gasteiger partial charge in [0.2, 0.25) is 0 Å². The first kappa shape index (κ1) is 14.2. The number of aryl methyl sites for hydroxylation is 1. The van der Waals surface area contributed by atoms with Gasteiger partial charge in [-0.05, 0) is 57.1 Å². The van der Waals surface area contributed by atoms with Gasteiger partial charge in [-0.3, -0.25) is 0 Å². The van der Waals surface area contributed by atoms with Crippen molar-refractivity contribution in [2.75, 3.05) is 26.7 Å². The summed E-state index contributed by atoms with van der Waals surface area (Å²) in [6, 6.07) is 9.06. The van der Waals surface area contributed by atoms with Gasteiger partial charge >= 0.3 is 0 Å². The number of benzene rings is 1. The maximum Gasteiger partial charge on any atom is -0.000834 e. The molecule has 0 spiro atoms. The Morgan fingerprint density at radius 3 is 2.12 bits per heavy atom. The second kappa shape index (κ2) is 9.20. The van der Waals surface area contributed by atoms with E-state index in [0.29, 0.717) is 0 Å². The van der Waals surface area contributed by atoms with Crippen LogP contribution in [0.4, 0.5) is 0 Å². The van der Waals surface area contributed by atoms with Gasteiger partial charge in [-0.25, -0.2) is 0 Å². The van der Waals surface area contributed by atoms with Gasteiger partial charge in [-0.1, -0.05) is 37.6 Å². The normalized spacial score (nSPS) is 10.7. The molecule has 2 heteroatoms. The molecule has 0 amide bonds. The molecular formula is C15H26N2. The van der Waals surface area contributed by atoms with Gasteiger partial charge in [0, 0.05) is 0 Å². The number of hydrogen-bond donors (Lipinski definition) is 2. The molecule has 17 heavy (non-hydrogen) atoms. The van der Waals surface area contributed by atoms with Crippen LogP contribution in [0.1, 0.15) is 30.9 Å². The zero-order valence-electron chi connectivity index (χ0n) is 11.3. The van der Waals surface area contributed by atoms with Crippen molar-refractivity contribution >= 4 is 0 Å². The van der Waals surface area contributed by atoms with E-state index in [-0.39, 0.29) is 0 Å². The minimum absolute atomic E-state index is 1.08. The summed E-state index contributed by atoms with van der Waals surface area (Å²) in [4.78, 5) is 0. The lowest BCUT2D eigenvalue weighted by atomic mass is 10.1. The first-order chi connectivity index (χ1) is 8.36. The summed E-state index contributed by atoms with van der Waals surface area (Å²) < 4.78 is 0. The molecule has 0 aliphatic carbocycles. The Morgan fingerprint density at radius 2 is 1.53 bits per heavy atom. The molecule has 0 aliphatic rings. The van der Waals surface area contributed by atoms with E-state index in [0.717, 1.165) is 26.1 Å². The molecule has 2 N–H and O–H groups in total. The van der Waals surface area contributed by atoms with E-state index in [1.54, 1.807) is 0 Å². The summed E-state index contributed by atoms with van der Waals surface area (Å²) in [5.74, 6) is 0. The Bertz CT molecular complexity index is 279. The summed E-state index contributed by atoms with van der Waals surface area (Å²) in [6.45, 7) is 5.51. The van der Waals surface area contributed by atoms with Crippen LogP contribution in [0.25, 0.3) is 0 Å². The van der Waals surface area contributed by atoms with E-state index < -0.39 is 0 Å². The maximum atomic E-state index is 3.47. The van der Waals surface area contributed by atoms with Crippen molar-refractivity contribution < 1.29 is 0 Å². The van der Waals surface area contributed by atoms with Crippen LogP contribution in [0.3, 0.4) is 0 Å². The molecule has 0 aromatic heterocycles.